The van der Waals surface area contributed by atoms with Gasteiger partial charge in [0.05, 0.1) is 6.61 Å². The predicted molar refractivity (Wildman–Crippen MR) is 85.4 cm³/mol. The second kappa shape index (κ2) is 8.79. The molecule has 1 aromatic heterocycles. The summed E-state index contributed by atoms with van der Waals surface area (Å²) in [5.74, 6) is 0. The van der Waals surface area contributed by atoms with E-state index in [1.165, 1.54) is 0 Å². The number of hydrogen-bond donors (Lipinski definition) is 3. The van der Waals surface area contributed by atoms with Crippen molar-refractivity contribution < 1.29 is 9.90 Å². The monoisotopic (exact) mass is 299 g/mol. The topological polar surface area (TPSA) is 74.2 Å². The molecule has 0 saturated carbocycles. The van der Waals surface area contributed by atoms with E-state index in [0.29, 0.717) is 13.1 Å². The largest absolute Gasteiger partial charge is 0.392 e. The lowest BCUT2D eigenvalue weighted by Gasteiger charge is -2.08. The minimum atomic E-state index is -0.164. The van der Waals surface area contributed by atoms with Crippen molar-refractivity contribution in [3.05, 3.63) is 65.5 Å². The fourth-order valence-corrected chi connectivity index (χ4v) is 2.04. The zero-order chi connectivity index (χ0) is 15.6. The molecule has 2 rings (SSSR count). The summed E-state index contributed by atoms with van der Waals surface area (Å²) in [7, 11) is 0. The summed E-state index contributed by atoms with van der Waals surface area (Å²) in [5, 5.41) is 14.6. The number of nitrogens with one attached hydrogen (secondary N) is 2. The highest BCUT2D eigenvalue weighted by Crippen LogP contribution is 2.04. The number of aliphatic hydroxyl groups excluding tert-OH is 1. The maximum absolute atomic E-state index is 11.6. The molecule has 0 aliphatic rings. The van der Waals surface area contributed by atoms with E-state index in [1.807, 2.05) is 42.5 Å². The van der Waals surface area contributed by atoms with Crippen molar-refractivity contribution in [2.45, 2.75) is 19.4 Å². The zero-order valence-corrected chi connectivity index (χ0v) is 12.5. The first-order valence-electron chi connectivity index (χ1n) is 7.38. The van der Waals surface area contributed by atoms with Crippen LogP contribution < -0.4 is 10.6 Å². The van der Waals surface area contributed by atoms with Crippen molar-refractivity contribution in [1.82, 2.24) is 15.6 Å². The van der Waals surface area contributed by atoms with E-state index < -0.39 is 0 Å². The van der Waals surface area contributed by atoms with Crippen molar-refractivity contribution in [2.24, 2.45) is 0 Å². The summed E-state index contributed by atoms with van der Waals surface area (Å²) < 4.78 is 0. The molecule has 2 amide bonds. The number of aliphatic hydroxyl groups is 1. The SMILES string of the molecule is O=C(NCCc1ccc(CO)cc1)NCCc1ccccn1. The highest BCUT2D eigenvalue weighted by Gasteiger charge is 2.00. The van der Waals surface area contributed by atoms with Crippen molar-refractivity contribution in [3.8, 4) is 0 Å². The predicted octanol–water partition coefficient (Wildman–Crippen LogP) is 1.66. The van der Waals surface area contributed by atoms with Crippen LogP contribution in [0.4, 0.5) is 4.79 Å². The Morgan fingerprint density at radius 2 is 1.64 bits per heavy atom. The number of nitrogens with zero attached hydrogens (tertiary/aromatic N) is 1. The van der Waals surface area contributed by atoms with Gasteiger partial charge in [-0.25, -0.2) is 4.79 Å². The maximum Gasteiger partial charge on any atom is 0.314 e. The maximum atomic E-state index is 11.6. The zero-order valence-electron chi connectivity index (χ0n) is 12.5. The smallest absolute Gasteiger partial charge is 0.314 e. The van der Waals surface area contributed by atoms with E-state index in [1.54, 1.807) is 6.20 Å². The van der Waals surface area contributed by atoms with Crippen LogP contribution in [0.2, 0.25) is 0 Å². The van der Waals surface area contributed by atoms with Gasteiger partial charge in [0.2, 0.25) is 0 Å². The first-order chi connectivity index (χ1) is 10.8. The molecule has 0 saturated heterocycles. The van der Waals surface area contributed by atoms with Crippen LogP contribution in [0.5, 0.6) is 0 Å². The number of hydrogen-bond acceptors (Lipinski definition) is 3. The molecule has 0 atom stereocenters. The Kier molecular flexibility index (Phi) is 6.39. The highest BCUT2D eigenvalue weighted by molar-refractivity contribution is 5.73. The molecule has 0 aliphatic heterocycles. The van der Waals surface area contributed by atoms with Crippen LogP contribution in [0.25, 0.3) is 0 Å². The van der Waals surface area contributed by atoms with Crippen molar-refractivity contribution in [2.75, 3.05) is 13.1 Å². The molecule has 2 aromatic rings. The Bertz CT molecular complexity index is 570. The van der Waals surface area contributed by atoms with Crippen LogP contribution in [-0.4, -0.2) is 29.2 Å². The number of benzene rings is 1. The van der Waals surface area contributed by atoms with E-state index in [2.05, 4.69) is 15.6 Å². The third-order valence-corrected chi connectivity index (χ3v) is 3.30. The number of aromatic nitrogens is 1. The molecule has 0 fully saturated rings. The van der Waals surface area contributed by atoms with Gasteiger partial charge < -0.3 is 15.7 Å². The van der Waals surface area contributed by atoms with E-state index in [4.69, 9.17) is 5.11 Å². The number of amides is 2. The fourth-order valence-electron chi connectivity index (χ4n) is 2.04. The summed E-state index contributed by atoms with van der Waals surface area (Å²) in [6.45, 7) is 1.19. The number of carbonyl (C=O) groups excluding carboxylic acids is 1. The average Bonchev–Trinajstić information content (AvgIpc) is 2.56. The second-order valence-electron chi connectivity index (χ2n) is 4.98. The Morgan fingerprint density at radius 1 is 0.955 bits per heavy atom. The molecule has 1 aromatic carbocycles. The van der Waals surface area contributed by atoms with Gasteiger partial charge in [0.1, 0.15) is 0 Å². The molecular weight excluding hydrogens is 278 g/mol. The minimum Gasteiger partial charge on any atom is -0.392 e. The molecule has 0 bridgehead atoms. The van der Waals surface area contributed by atoms with Crippen LogP contribution in [0.1, 0.15) is 16.8 Å². The third kappa shape index (κ3) is 5.54. The number of carbonyl (C=O) groups is 1. The van der Waals surface area contributed by atoms with E-state index in [0.717, 1.165) is 29.7 Å². The van der Waals surface area contributed by atoms with Crippen LogP contribution in [0.3, 0.4) is 0 Å². The van der Waals surface area contributed by atoms with Gasteiger partial charge >= 0.3 is 6.03 Å². The van der Waals surface area contributed by atoms with E-state index in [9.17, 15) is 4.79 Å². The van der Waals surface area contributed by atoms with E-state index >= 15 is 0 Å². The molecule has 22 heavy (non-hydrogen) atoms. The Balaban J connectivity index is 1.61. The first-order valence-corrected chi connectivity index (χ1v) is 7.38. The van der Waals surface area contributed by atoms with Gasteiger partial charge in [-0.3, -0.25) is 4.98 Å². The minimum absolute atomic E-state index is 0.0528. The van der Waals surface area contributed by atoms with E-state index in [-0.39, 0.29) is 12.6 Å². The molecular formula is C17H21N3O2. The molecule has 1 heterocycles. The average molecular weight is 299 g/mol. The Labute approximate surface area is 130 Å². The van der Waals surface area contributed by atoms with Gasteiger partial charge in [-0.1, -0.05) is 30.3 Å². The summed E-state index contributed by atoms with van der Waals surface area (Å²) in [6, 6.07) is 13.3. The lowest BCUT2D eigenvalue weighted by Crippen LogP contribution is -2.37. The molecule has 0 spiro atoms. The number of rotatable bonds is 7. The quantitative estimate of drug-likeness (QED) is 0.728. The summed E-state index contributed by atoms with van der Waals surface area (Å²) in [6.07, 6.45) is 3.23. The summed E-state index contributed by atoms with van der Waals surface area (Å²) in [4.78, 5) is 15.9. The lowest BCUT2D eigenvalue weighted by molar-refractivity contribution is 0.241. The Morgan fingerprint density at radius 3 is 2.27 bits per heavy atom. The highest BCUT2D eigenvalue weighted by atomic mass is 16.3. The van der Waals surface area contributed by atoms with Crippen LogP contribution in [0, 0.1) is 0 Å². The van der Waals surface area contributed by atoms with Crippen LogP contribution in [-0.2, 0) is 19.4 Å². The van der Waals surface area contributed by atoms with Crippen molar-refractivity contribution >= 4 is 6.03 Å². The van der Waals surface area contributed by atoms with Crippen LogP contribution in [0.15, 0.2) is 48.7 Å². The number of urea groups is 1. The van der Waals surface area contributed by atoms with Gasteiger partial charge in [0.25, 0.3) is 0 Å². The van der Waals surface area contributed by atoms with Crippen molar-refractivity contribution in [3.63, 3.8) is 0 Å². The summed E-state index contributed by atoms with van der Waals surface area (Å²) in [5.41, 5.74) is 2.99. The van der Waals surface area contributed by atoms with Crippen LogP contribution >= 0.6 is 0 Å². The number of pyridine rings is 1. The molecule has 0 unspecified atom stereocenters. The molecule has 5 nitrogen and oxygen atoms in total. The van der Waals surface area contributed by atoms with Gasteiger partial charge in [0.15, 0.2) is 0 Å². The standard InChI is InChI=1S/C17H21N3O2/c21-13-15-6-4-14(5-7-15)8-11-19-17(22)20-12-9-16-3-1-2-10-18-16/h1-7,10,21H,8-9,11-13H2,(H2,19,20,22). The molecule has 5 heteroatoms. The fraction of sp³-hybridized carbons (Fsp3) is 0.294. The normalized spacial score (nSPS) is 10.2. The lowest BCUT2D eigenvalue weighted by atomic mass is 10.1. The second-order valence-corrected chi connectivity index (χ2v) is 4.98. The first kappa shape index (κ1) is 16.0. The molecule has 116 valence electrons. The van der Waals surface area contributed by atoms with Crippen molar-refractivity contribution in [1.29, 1.82) is 0 Å². The van der Waals surface area contributed by atoms with Gasteiger partial charge in [0, 0.05) is 31.4 Å². The van der Waals surface area contributed by atoms with Gasteiger partial charge in [-0.2, -0.15) is 0 Å². The summed E-state index contributed by atoms with van der Waals surface area (Å²) >= 11 is 0. The third-order valence-electron chi connectivity index (χ3n) is 3.30. The molecule has 0 radical (unpaired) electrons. The molecule has 0 aliphatic carbocycles. The molecule has 3 N–H and O–H groups in total. The van der Waals surface area contributed by atoms with Gasteiger partial charge in [-0.05, 0) is 29.7 Å². The Hall–Kier alpha value is -2.40. The van der Waals surface area contributed by atoms with Gasteiger partial charge in [-0.15, -0.1) is 0 Å².